The van der Waals surface area contributed by atoms with Crippen LogP contribution in [0.4, 0.5) is 0 Å². The average Bonchev–Trinajstić information content (AvgIpc) is 2.53. The Labute approximate surface area is 95.2 Å². The topological polar surface area (TPSA) is 39.2 Å². The number of esters is 1. The molecule has 1 aliphatic carbocycles. The molecule has 0 amide bonds. The molecule has 2 rings (SSSR count). The number of hydrogen-bond donors (Lipinski definition) is 0. The van der Waals surface area contributed by atoms with Gasteiger partial charge < -0.3 is 4.74 Å². The van der Waals surface area contributed by atoms with Gasteiger partial charge in [0.25, 0.3) is 0 Å². The number of pyridine rings is 1. The largest absolute Gasteiger partial charge is 0.462 e. The number of allylic oxidation sites excluding steroid dienone is 1. The van der Waals surface area contributed by atoms with Crippen molar-refractivity contribution < 1.29 is 9.53 Å². The van der Waals surface area contributed by atoms with Crippen LogP contribution in [0.15, 0.2) is 17.8 Å². The van der Waals surface area contributed by atoms with Crippen molar-refractivity contribution in [2.75, 3.05) is 6.61 Å². The Balaban J connectivity index is 2.41. The highest BCUT2D eigenvalue weighted by molar-refractivity contribution is 6.19. The summed E-state index contributed by atoms with van der Waals surface area (Å²) in [6.45, 7) is 6.15. The fraction of sp³-hybridized carbons (Fsp3) is 0.385. The third-order valence-corrected chi connectivity index (χ3v) is 2.76. The van der Waals surface area contributed by atoms with Gasteiger partial charge in [-0.1, -0.05) is 5.57 Å². The lowest BCUT2D eigenvalue weighted by Gasteiger charge is -2.05. The Bertz CT molecular complexity index is 475. The Morgan fingerprint density at radius 1 is 1.50 bits per heavy atom. The molecule has 0 unspecified atom stereocenters. The van der Waals surface area contributed by atoms with Gasteiger partial charge in [0.05, 0.1) is 12.2 Å². The van der Waals surface area contributed by atoms with E-state index in [1.807, 2.05) is 26.8 Å². The number of aryl methyl sites for hydroxylation is 1. The van der Waals surface area contributed by atoms with Gasteiger partial charge in [0, 0.05) is 17.5 Å². The predicted octanol–water partition coefficient (Wildman–Crippen LogP) is 2.28. The van der Waals surface area contributed by atoms with Crippen LogP contribution in [-0.4, -0.2) is 17.6 Å². The van der Waals surface area contributed by atoms with Crippen LogP contribution in [-0.2, 0) is 16.0 Å². The molecule has 0 bridgehead atoms. The summed E-state index contributed by atoms with van der Waals surface area (Å²) in [6, 6.07) is 2.03. The maximum absolute atomic E-state index is 11.8. The number of carbonyl (C=O) groups excluding carboxylic acids is 1. The van der Waals surface area contributed by atoms with Crippen LogP contribution in [0.3, 0.4) is 0 Å². The quantitative estimate of drug-likeness (QED) is 0.713. The molecule has 0 aromatic carbocycles. The van der Waals surface area contributed by atoms with Crippen molar-refractivity contribution in [3.63, 3.8) is 0 Å². The molecule has 0 saturated heterocycles. The van der Waals surface area contributed by atoms with Crippen LogP contribution in [0.25, 0.3) is 5.57 Å². The molecule has 3 nitrogen and oxygen atoms in total. The van der Waals surface area contributed by atoms with Crippen LogP contribution in [0.2, 0.25) is 0 Å². The van der Waals surface area contributed by atoms with Crippen LogP contribution >= 0.6 is 0 Å². The molecule has 0 saturated carbocycles. The van der Waals surface area contributed by atoms with Gasteiger partial charge in [-0.3, -0.25) is 4.98 Å². The highest BCUT2D eigenvalue weighted by Gasteiger charge is 2.25. The van der Waals surface area contributed by atoms with E-state index < -0.39 is 0 Å². The molecule has 1 aliphatic rings. The minimum Gasteiger partial charge on any atom is -0.462 e. The monoisotopic (exact) mass is 217 g/mol. The van der Waals surface area contributed by atoms with Crippen molar-refractivity contribution in [3.05, 3.63) is 34.7 Å². The molecule has 0 atom stereocenters. The van der Waals surface area contributed by atoms with E-state index >= 15 is 0 Å². The number of hydrogen-bond acceptors (Lipinski definition) is 3. The first kappa shape index (κ1) is 10.9. The fourth-order valence-electron chi connectivity index (χ4n) is 2.08. The third-order valence-electron chi connectivity index (χ3n) is 2.76. The minimum atomic E-state index is -0.232. The Morgan fingerprint density at radius 2 is 2.25 bits per heavy atom. The Kier molecular flexibility index (Phi) is 2.77. The van der Waals surface area contributed by atoms with Crippen molar-refractivity contribution in [1.29, 1.82) is 0 Å². The molecule has 1 aromatic heterocycles. The normalized spacial score (nSPS) is 13.9. The second-order valence-electron chi connectivity index (χ2n) is 4.04. The zero-order chi connectivity index (χ0) is 11.7. The van der Waals surface area contributed by atoms with Crippen LogP contribution in [0.5, 0.6) is 0 Å². The van der Waals surface area contributed by atoms with Gasteiger partial charge in [0.15, 0.2) is 0 Å². The van der Waals surface area contributed by atoms with Gasteiger partial charge >= 0.3 is 5.97 Å². The van der Waals surface area contributed by atoms with Crippen molar-refractivity contribution in [2.45, 2.75) is 27.2 Å². The number of aromatic nitrogens is 1. The Hall–Kier alpha value is -1.64. The standard InChI is InChI=1S/C13H15NO2/c1-4-16-13(15)12-8(2)5-10-6-9(3)14-7-11(10)12/h6-7H,4-5H2,1-3H3. The van der Waals surface area contributed by atoms with Crippen LogP contribution in [0.1, 0.15) is 30.7 Å². The fourth-order valence-corrected chi connectivity index (χ4v) is 2.08. The van der Waals surface area contributed by atoms with Crippen LogP contribution in [0, 0.1) is 6.92 Å². The summed E-state index contributed by atoms with van der Waals surface area (Å²) >= 11 is 0. The molecule has 0 spiro atoms. The smallest absolute Gasteiger partial charge is 0.338 e. The van der Waals surface area contributed by atoms with E-state index in [0.717, 1.165) is 23.3 Å². The summed E-state index contributed by atoms with van der Waals surface area (Å²) in [5.41, 5.74) is 4.86. The zero-order valence-electron chi connectivity index (χ0n) is 9.83. The first-order chi connectivity index (χ1) is 7.63. The van der Waals surface area contributed by atoms with Gasteiger partial charge in [-0.25, -0.2) is 4.79 Å². The zero-order valence-corrected chi connectivity index (χ0v) is 9.83. The maximum atomic E-state index is 11.8. The summed E-state index contributed by atoms with van der Waals surface area (Å²) in [6.07, 6.45) is 2.60. The molecule has 1 heterocycles. The minimum absolute atomic E-state index is 0.232. The van der Waals surface area contributed by atoms with E-state index in [1.54, 1.807) is 6.20 Å². The average molecular weight is 217 g/mol. The van der Waals surface area contributed by atoms with E-state index in [4.69, 9.17) is 4.74 Å². The van der Waals surface area contributed by atoms with Crippen LogP contribution < -0.4 is 0 Å². The summed E-state index contributed by atoms with van der Waals surface area (Å²) < 4.78 is 5.06. The van der Waals surface area contributed by atoms with Gasteiger partial charge in [-0.05, 0) is 38.8 Å². The lowest BCUT2D eigenvalue weighted by atomic mass is 10.1. The maximum Gasteiger partial charge on any atom is 0.338 e. The van der Waals surface area contributed by atoms with Gasteiger partial charge in [0.2, 0.25) is 0 Å². The molecule has 16 heavy (non-hydrogen) atoms. The number of rotatable bonds is 2. The SMILES string of the molecule is CCOC(=O)C1=C(C)Cc2cc(C)ncc21. The first-order valence-corrected chi connectivity index (χ1v) is 5.46. The molecule has 84 valence electrons. The van der Waals surface area contributed by atoms with E-state index in [1.165, 1.54) is 5.56 Å². The molecular weight excluding hydrogens is 202 g/mol. The van der Waals surface area contributed by atoms with Crippen molar-refractivity contribution in [1.82, 2.24) is 4.98 Å². The van der Waals surface area contributed by atoms with Crippen molar-refractivity contribution in [3.8, 4) is 0 Å². The molecule has 0 N–H and O–H groups in total. The van der Waals surface area contributed by atoms with Crippen molar-refractivity contribution in [2.24, 2.45) is 0 Å². The van der Waals surface area contributed by atoms with Crippen molar-refractivity contribution >= 4 is 11.5 Å². The van der Waals surface area contributed by atoms with E-state index in [-0.39, 0.29) is 5.97 Å². The molecule has 1 aromatic rings. The number of fused-ring (bicyclic) bond motifs is 1. The molecule has 3 heteroatoms. The Morgan fingerprint density at radius 3 is 2.94 bits per heavy atom. The molecule has 0 radical (unpaired) electrons. The second-order valence-corrected chi connectivity index (χ2v) is 4.04. The highest BCUT2D eigenvalue weighted by atomic mass is 16.5. The number of carbonyl (C=O) groups is 1. The second kappa shape index (κ2) is 4.08. The molecule has 0 fully saturated rings. The van der Waals surface area contributed by atoms with E-state index in [9.17, 15) is 4.79 Å². The number of ether oxygens (including phenoxy) is 1. The van der Waals surface area contributed by atoms with Gasteiger partial charge in [-0.15, -0.1) is 0 Å². The van der Waals surface area contributed by atoms with Gasteiger partial charge in [-0.2, -0.15) is 0 Å². The van der Waals surface area contributed by atoms with E-state index in [2.05, 4.69) is 4.98 Å². The number of nitrogens with zero attached hydrogens (tertiary/aromatic N) is 1. The predicted molar refractivity (Wildman–Crippen MR) is 61.9 cm³/mol. The van der Waals surface area contributed by atoms with E-state index in [0.29, 0.717) is 12.2 Å². The summed E-state index contributed by atoms with van der Waals surface area (Å²) in [4.78, 5) is 16.0. The summed E-state index contributed by atoms with van der Waals surface area (Å²) in [5.74, 6) is -0.232. The third kappa shape index (κ3) is 1.73. The highest BCUT2D eigenvalue weighted by Crippen LogP contribution is 2.33. The summed E-state index contributed by atoms with van der Waals surface area (Å²) in [7, 11) is 0. The summed E-state index contributed by atoms with van der Waals surface area (Å²) in [5, 5.41) is 0. The molecular formula is C13H15NO2. The first-order valence-electron chi connectivity index (χ1n) is 5.46. The molecule has 0 aliphatic heterocycles. The lowest BCUT2D eigenvalue weighted by Crippen LogP contribution is -2.07. The lowest BCUT2D eigenvalue weighted by molar-refractivity contribution is -0.136. The van der Waals surface area contributed by atoms with Gasteiger partial charge in [0.1, 0.15) is 0 Å².